The van der Waals surface area contributed by atoms with E-state index in [0.29, 0.717) is 0 Å². The van der Waals surface area contributed by atoms with Gasteiger partial charge in [-0.1, -0.05) is 13.3 Å². The molecule has 3 heteroatoms. The van der Waals surface area contributed by atoms with Gasteiger partial charge in [-0.2, -0.15) is 0 Å². The summed E-state index contributed by atoms with van der Waals surface area (Å²) in [4.78, 5) is 2.46. The van der Waals surface area contributed by atoms with Gasteiger partial charge >= 0.3 is 0 Å². The minimum absolute atomic E-state index is 0.742. The lowest BCUT2D eigenvalue weighted by Crippen LogP contribution is -2.31. The molecule has 0 saturated heterocycles. The van der Waals surface area contributed by atoms with E-state index in [-0.39, 0.29) is 0 Å². The lowest BCUT2D eigenvalue weighted by molar-refractivity contribution is 0.101. The molecule has 0 bridgehead atoms. The summed E-state index contributed by atoms with van der Waals surface area (Å²) in [5.41, 5.74) is 0. The molecule has 1 aliphatic carbocycles. The minimum atomic E-state index is 0.742. The Hall–Kier alpha value is 0.210. The molecule has 0 atom stereocenters. The average Bonchev–Trinajstić information content (AvgIpc) is 2.99. The van der Waals surface area contributed by atoms with E-state index < -0.39 is 0 Å². The largest absolute Gasteiger partial charge is 0.380 e. The molecule has 0 aromatic carbocycles. The van der Waals surface area contributed by atoms with Crippen molar-refractivity contribution in [3.8, 4) is 0 Å². The Morgan fingerprint density at radius 1 is 1.29 bits per heavy atom. The van der Waals surface area contributed by atoms with E-state index >= 15 is 0 Å². The highest BCUT2D eigenvalue weighted by molar-refractivity contribution is 6.18. The normalized spacial score (nSPS) is 16.5. The molecule has 1 aliphatic rings. The van der Waals surface area contributed by atoms with Crippen LogP contribution in [0.5, 0.6) is 0 Å². The molecular formula is C11H22ClNO. The van der Waals surface area contributed by atoms with Gasteiger partial charge in [-0.3, -0.25) is 4.90 Å². The Bertz CT molecular complexity index is 139. The van der Waals surface area contributed by atoms with E-state index in [1.165, 1.54) is 25.7 Å². The van der Waals surface area contributed by atoms with Gasteiger partial charge in [-0.25, -0.2) is 0 Å². The summed E-state index contributed by atoms with van der Waals surface area (Å²) in [6.45, 7) is 6.04. The van der Waals surface area contributed by atoms with Crippen LogP contribution < -0.4 is 0 Å². The van der Waals surface area contributed by atoms with Crippen LogP contribution >= 0.6 is 11.6 Å². The molecular weight excluding hydrogens is 198 g/mol. The molecule has 1 rings (SSSR count). The maximum absolute atomic E-state index is 5.75. The molecule has 0 N–H and O–H groups in total. The van der Waals surface area contributed by atoms with Crippen molar-refractivity contribution in [2.45, 2.75) is 38.6 Å². The highest BCUT2D eigenvalue weighted by atomic mass is 35.5. The van der Waals surface area contributed by atoms with Crippen LogP contribution in [0, 0.1) is 0 Å². The Morgan fingerprint density at radius 2 is 2.07 bits per heavy atom. The summed E-state index contributed by atoms with van der Waals surface area (Å²) in [5.74, 6) is 0.742. The molecule has 1 fully saturated rings. The third-order valence-corrected chi connectivity index (χ3v) is 2.77. The predicted molar refractivity (Wildman–Crippen MR) is 61.0 cm³/mol. The molecule has 0 amide bonds. The Balaban J connectivity index is 1.96. The van der Waals surface area contributed by atoms with Gasteiger partial charge in [-0.05, 0) is 19.3 Å². The molecule has 0 unspecified atom stereocenters. The molecule has 0 aromatic heterocycles. The monoisotopic (exact) mass is 219 g/mol. The molecule has 0 aromatic rings. The SMILES string of the molecule is CCCCOCCN(CCCl)C1CC1. The first-order valence-corrected chi connectivity index (χ1v) is 6.29. The first-order valence-electron chi connectivity index (χ1n) is 5.76. The smallest absolute Gasteiger partial charge is 0.0593 e. The van der Waals surface area contributed by atoms with E-state index in [9.17, 15) is 0 Å². The second kappa shape index (κ2) is 7.49. The van der Waals surface area contributed by atoms with Crippen LogP contribution in [0.25, 0.3) is 0 Å². The first-order chi connectivity index (χ1) is 6.88. The van der Waals surface area contributed by atoms with Gasteiger partial charge in [0, 0.05) is 31.6 Å². The number of hydrogen-bond acceptors (Lipinski definition) is 2. The lowest BCUT2D eigenvalue weighted by atomic mass is 10.4. The van der Waals surface area contributed by atoms with Crippen LogP contribution in [-0.4, -0.2) is 43.1 Å². The molecule has 0 aliphatic heterocycles. The number of halogens is 1. The summed E-state index contributed by atoms with van der Waals surface area (Å²) in [5, 5.41) is 0. The van der Waals surface area contributed by atoms with Crippen LogP contribution in [-0.2, 0) is 4.74 Å². The summed E-state index contributed by atoms with van der Waals surface area (Å²) in [6.07, 6.45) is 5.10. The number of hydrogen-bond donors (Lipinski definition) is 0. The molecule has 14 heavy (non-hydrogen) atoms. The maximum Gasteiger partial charge on any atom is 0.0593 e. The Labute approximate surface area is 92.6 Å². The number of nitrogens with zero attached hydrogens (tertiary/aromatic N) is 1. The van der Waals surface area contributed by atoms with Gasteiger partial charge in [0.15, 0.2) is 0 Å². The summed E-state index contributed by atoms with van der Waals surface area (Å²) in [7, 11) is 0. The first kappa shape index (κ1) is 12.3. The lowest BCUT2D eigenvalue weighted by Gasteiger charge is -2.20. The summed E-state index contributed by atoms with van der Waals surface area (Å²) in [6, 6.07) is 0.809. The molecule has 2 nitrogen and oxygen atoms in total. The Kier molecular flexibility index (Phi) is 6.57. The second-order valence-electron chi connectivity index (χ2n) is 3.92. The fourth-order valence-electron chi connectivity index (χ4n) is 1.56. The van der Waals surface area contributed by atoms with Gasteiger partial charge in [0.1, 0.15) is 0 Å². The predicted octanol–water partition coefficient (Wildman–Crippen LogP) is 2.51. The number of alkyl halides is 1. The molecule has 1 saturated carbocycles. The summed E-state index contributed by atoms with van der Waals surface area (Å²) < 4.78 is 5.54. The maximum atomic E-state index is 5.75. The van der Waals surface area contributed by atoms with E-state index in [1.807, 2.05) is 0 Å². The fourth-order valence-corrected chi connectivity index (χ4v) is 1.77. The van der Waals surface area contributed by atoms with Crippen molar-refractivity contribution in [2.24, 2.45) is 0 Å². The number of ether oxygens (including phenoxy) is 1. The van der Waals surface area contributed by atoms with E-state index in [2.05, 4.69) is 11.8 Å². The quantitative estimate of drug-likeness (QED) is 0.437. The topological polar surface area (TPSA) is 12.5 Å². The van der Waals surface area contributed by atoms with Crippen molar-refractivity contribution in [2.75, 3.05) is 32.2 Å². The highest BCUT2D eigenvalue weighted by Crippen LogP contribution is 2.26. The van der Waals surface area contributed by atoms with Crippen molar-refractivity contribution < 1.29 is 4.74 Å². The zero-order chi connectivity index (χ0) is 10.2. The van der Waals surface area contributed by atoms with Crippen LogP contribution in [0.3, 0.4) is 0 Å². The van der Waals surface area contributed by atoms with Crippen molar-refractivity contribution in [3.05, 3.63) is 0 Å². The van der Waals surface area contributed by atoms with Gasteiger partial charge in [-0.15, -0.1) is 11.6 Å². The number of unbranched alkanes of at least 4 members (excludes halogenated alkanes) is 1. The number of rotatable bonds is 9. The van der Waals surface area contributed by atoms with Crippen molar-refractivity contribution >= 4 is 11.6 Å². The molecule has 0 radical (unpaired) electrons. The molecule has 0 spiro atoms. The van der Waals surface area contributed by atoms with Crippen molar-refractivity contribution in [1.29, 1.82) is 0 Å². The minimum Gasteiger partial charge on any atom is -0.380 e. The fraction of sp³-hybridized carbons (Fsp3) is 1.00. The van der Waals surface area contributed by atoms with E-state index in [1.54, 1.807) is 0 Å². The summed E-state index contributed by atoms with van der Waals surface area (Å²) >= 11 is 5.75. The van der Waals surface area contributed by atoms with Gasteiger partial charge in [0.05, 0.1) is 6.61 Å². The molecule has 0 heterocycles. The zero-order valence-electron chi connectivity index (χ0n) is 9.17. The third-order valence-electron chi connectivity index (χ3n) is 2.60. The third kappa shape index (κ3) is 5.18. The van der Waals surface area contributed by atoms with Crippen LogP contribution in [0.2, 0.25) is 0 Å². The van der Waals surface area contributed by atoms with Crippen molar-refractivity contribution in [3.63, 3.8) is 0 Å². The van der Waals surface area contributed by atoms with Crippen molar-refractivity contribution in [1.82, 2.24) is 4.90 Å². The second-order valence-corrected chi connectivity index (χ2v) is 4.30. The van der Waals surface area contributed by atoms with Gasteiger partial charge < -0.3 is 4.74 Å². The van der Waals surface area contributed by atoms with E-state index in [0.717, 1.165) is 38.2 Å². The van der Waals surface area contributed by atoms with Crippen LogP contribution in [0.4, 0.5) is 0 Å². The van der Waals surface area contributed by atoms with Gasteiger partial charge in [0.25, 0.3) is 0 Å². The molecule has 84 valence electrons. The van der Waals surface area contributed by atoms with Crippen LogP contribution in [0.15, 0.2) is 0 Å². The Morgan fingerprint density at radius 3 is 2.64 bits per heavy atom. The standard InChI is InChI=1S/C11H22ClNO/c1-2-3-9-14-10-8-13(7-6-12)11-4-5-11/h11H,2-10H2,1H3. The van der Waals surface area contributed by atoms with Crippen LogP contribution in [0.1, 0.15) is 32.6 Å². The van der Waals surface area contributed by atoms with Gasteiger partial charge in [0.2, 0.25) is 0 Å². The highest BCUT2D eigenvalue weighted by Gasteiger charge is 2.27. The van der Waals surface area contributed by atoms with E-state index in [4.69, 9.17) is 16.3 Å². The average molecular weight is 220 g/mol. The zero-order valence-corrected chi connectivity index (χ0v) is 9.93.